The third-order valence-corrected chi connectivity index (χ3v) is 4.45. The number of carbonyl (C=O) groups excluding carboxylic acids is 1. The Morgan fingerprint density at radius 2 is 1.83 bits per heavy atom. The fourth-order valence-electron chi connectivity index (χ4n) is 3.22. The molecule has 0 atom stereocenters. The number of ether oxygens (including phenoxy) is 1. The normalized spacial score (nSPS) is 17.9. The highest BCUT2D eigenvalue weighted by atomic mass is 16.6. The van der Waals surface area contributed by atoms with Crippen molar-refractivity contribution in [1.82, 2.24) is 10.2 Å². The molecule has 3 rings (SSSR count). The maximum absolute atomic E-state index is 12.3. The molecular formula is C19H28N2O2. The average molecular weight is 316 g/mol. The van der Waals surface area contributed by atoms with E-state index in [1.165, 1.54) is 11.1 Å². The van der Waals surface area contributed by atoms with Crippen molar-refractivity contribution >= 4 is 6.09 Å². The summed E-state index contributed by atoms with van der Waals surface area (Å²) in [6.07, 6.45) is 4.22. The topological polar surface area (TPSA) is 41.6 Å². The molecular weight excluding hydrogens is 288 g/mol. The highest BCUT2D eigenvalue weighted by Gasteiger charge is 2.35. The molecule has 4 heteroatoms. The Hall–Kier alpha value is -1.55. The largest absolute Gasteiger partial charge is 0.444 e. The van der Waals surface area contributed by atoms with Crippen LogP contribution in [0.3, 0.4) is 0 Å². The minimum absolute atomic E-state index is 0.170. The summed E-state index contributed by atoms with van der Waals surface area (Å²) in [5.74, 6) is 0. The SMILES string of the molecule is CC(C)(C)OC(=O)N(CCNC1Cc2ccccc2C1)C1CC1. The quantitative estimate of drug-likeness (QED) is 0.907. The third-order valence-electron chi connectivity index (χ3n) is 4.45. The van der Waals surface area contributed by atoms with Crippen LogP contribution in [0.15, 0.2) is 24.3 Å². The van der Waals surface area contributed by atoms with Gasteiger partial charge in [0.2, 0.25) is 0 Å². The van der Waals surface area contributed by atoms with E-state index in [1.807, 2.05) is 25.7 Å². The molecule has 0 radical (unpaired) electrons. The van der Waals surface area contributed by atoms with Gasteiger partial charge in [-0.1, -0.05) is 24.3 Å². The lowest BCUT2D eigenvalue weighted by molar-refractivity contribution is 0.0234. The standard InChI is InChI=1S/C19H28N2O2/c1-19(2,3)23-18(22)21(17-8-9-17)11-10-20-16-12-14-6-4-5-7-15(14)13-16/h4-7,16-17,20H,8-13H2,1-3H3. The first-order valence-corrected chi connectivity index (χ1v) is 8.72. The van der Waals surface area contributed by atoms with E-state index in [0.717, 1.165) is 38.8 Å². The number of nitrogens with one attached hydrogen (secondary N) is 1. The van der Waals surface area contributed by atoms with Gasteiger partial charge < -0.3 is 15.0 Å². The van der Waals surface area contributed by atoms with Crippen LogP contribution < -0.4 is 5.32 Å². The van der Waals surface area contributed by atoms with Crippen molar-refractivity contribution in [2.75, 3.05) is 13.1 Å². The van der Waals surface area contributed by atoms with Gasteiger partial charge in [0.15, 0.2) is 0 Å². The van der Waals surface area contributed by atoms with Gasteiger partial charge in [0, 0.05) is 25.2 Å². The van der Waals surface area contributed by atoms with Crippen LogP contribution in [-0.4, -0.2) is 41.8 Å². The Balaban J connectivity index is 1.46. The Bertz CT molecular complexity index is 536. The van der Waals surface area contributed by atoms with E-state index in [2.05, 4.69) is 29.6 Å². The molecule has 0 aliphatic heterocycles. The Kier molecular flexibility index (Phi) is 4.62. The van der Waals surface area contributed by atoms with Crippen molar-refractivity contribution < 1.29 is 9.53 Å². The Morgan fingerprint density at radius 1 is 1.22 bits per heavy atom. The summed E-state index contributed by atoms with van der Waals surface area (Å²) in [5.41, 5.74) is 2.48. The lowest BCUT2D eigenvalue weighted by Gasteiger charge is -2.28. The fourth-order valence-corrected chi connectivity index (χ4v) is 3.22. The van der Waals surface area contributed by atoms with E-state index in [4.69, 9.17) is 4.74 Å². The first-order valence-electron chi connectivity index (χ1n) is 8.72. The molecule has 23 heavy (non-hydrogen) atoms. The number of fused-ring (bicyclic) bond motifs is 1. The van der Waals surface area contributed by atoms with Gasteiger partial charge in [0.1, 0.15) is 5.60 Å². The highest BCUT2D eigenvalue weighted by Crippen LogP contribution is 2.28. The molecule has 2 aliphatic rings. The summed E-state index contributed by atoms with van der Waals surface area (Å²) in [4.78, 5) is 14.2. The molecule has 1 fully saturated rings. The van der Waals surface area contributed by atoms with Crippen molar-refractivity contribution in [2.24, 2.45) is 0 Å². The smallest absolute Gasteiger partial charge is 0.410 e. The summed E-state index contributed by atoms with van der Waals surface area (Å²) in [6, 6.07) is 9.53. The van der Waals surface area contributed by atoms with Crippen LogP contribution in [0.1, 0.15) is 44.7 Å². The molecule has 1 amide bonds. The van der Waals surface area contributed by atoms with Crippen LogP contribution in [0.2, 0.25) is 0 Å². The van der Waals surface area contributed by atoms with Gasteiger partial charge in [-0.05, 0) is 57.6 Å². The zero-order valence-electron chi connectivity index (χ0n) is 14.5. The second-order valence-electron chi connectivity index (χ2n) is 7.73. The van der Waals surface area contributed by atoms with Gasteiger partial charge in [-0.2, -0.15) is 0 Å². The van der Waals surface area contributed by atoms with E-state index < -0.39 is 5.60 Å². The molecule has 126 valence electrons. The molecule has 2 aliphatic carbocycles. The molecule has 0 saturated heterocycles. The number of hydrogen-bond acceptors (Lipinski definition) is 3. The summed E-state index contributed by atoms with van der Waals surface area (Å²) in [6.45, 7) is 7.32. The minimum Gasteiger partial charge on any atom is -0.444 e. The molecule has 0 heterocycles. The summed E-state index contributed by atoms with van der Waals surface area (Å²) in [7, 11) is 0. The second-order valence-corrected chi connectivity index (χ2v) is 7.73. The second kappa shape index (κ2) is 6.52. The van der Waals surface area contributed by atoms with Gasteiger partial charge in [-0.25, -0.2) is 4.79 Å². The number of nitrogens with zero attached hydrogens (tertiary/aromatic N) is 1. The first kappa shape index (κ1) is 16.3. The Morgan fingerprint density at radius 3 is 2.35 bits per heavy atom. The predicted octanol–water partition coefficient (Wildman–Crippen LogP) is 3.14. The number of carbonyl (C=O) groups is 1. The summed E-state index contributed by atoms with van der Waals surface area (Å²) >= 11 is 0. The van der Waals surface area contributed by atoms with Gasteiger partial charge in [0.25, 0.3) is 0 Å². The number of amides is 1. The van der Waals surface area contributed by atoms with E-state index in [-0.39, 0.29) is 6.09 Å². The number of rotatable bonds is 5. The Labute approximate surface area is 139 Å². The van der Waals surface area contributed by atoms with Gasteiger partial charge in [0.05, 0.1) is 0 Å². The van der Waals surface area contributed by atoms with Gasteiger partial charge >= 0.3 is 6.09 Å². The zero-order valence-corrected chi connectivity index (χ0v) is 14.5. The number of benzene rings is 1. The minimum atomic E-state index is -0.426. The monoisotopic (exact) mass is 316 g/mol. The molecule has 0 bridgehead atoms. The molecule has 0 aromatic heterocycles. The predicted molar refractivity (Wildman–Crippen MR) is 91.6 cm³/mol. The van der Waals surface area contributed by atoms with Crippen molar-refractivity contribution in [3.63, 3.8) is 0 Å². The maximum Gasteiger partial charge on any atom is 0.410 e. The van der Waals surface area contributed by atoms with E-state index in [1.54, 1.807) is 0 Å². The van der Waals surface area contributed by atoms with Crippen LogP contribution in [0.5, 0.6) is 0 Å². The average Bonchev–Trinajstić information content (AvgIpc) is 3.20. The first-order chi connectivity index (χ1) is 10.9. The molecule has 0 spiro atoms. The van der Waals surface area contributed by atoms with Gasteiger partial charge in [-0.3, -0.25) is 0 Å². The summed E-state index contributed by atoms with van der Waals surface area (Å²) < 4.78 is 5.53. The molecule has 1 aromatic carbocycles. The van der Waals surface area contributed by atoms with E-state index in [0.29, 0.717) is 12.1 Å². The van der Waals surface area contributed by atoms with Crippen molar-refractivity contribution in [3.8, 4) is 0 Å². The lowest BCUT2D eigenvalue weighted by Crippen LogP contribution is -2.43. The van der Waals surface area contributed by atoms with Gasteiger partial charge in [-0.15, -0.1) is 0 Å². The van der Waals surface area contributed by atoms with Crippen LogP contribution in [0, 0.1) is 0 Å². The van der Waals surface area contributed by atoms with E-state index in [9.17, 15) is 4.79 Å². The van der Waals surface area contributed by atoms with Crippen LogP contribution in [-0.2, 0) is 17.6 Å². The number of hydrogen-bond donors (Lipinski definition) is 1. The molecule has 1 saturated carbocycles. The summed E-state index contributed by atoms with van der Waals surface area (Å²) in [5, 5.41) is 3.61. The van der Waals surface area contributed by atoms with Crippen LogP contribution in [0.4, 0.5) is 4.79 Å². The molecule has 1 N–H and O–H groups in total. The van der Waals surface area contributed by atoms with Crippen LogP contribution >= 0.6 is 0 Å². The van der Waals surface area contributed by atoms with E-state index >= 15 is 0 Å². The molecule has 0 unspecified atom stereocenters. The zero-order chi connectivity index (χ0) is 16.4. The fraction of sp³-hybridized carbons (Fsp3) is 0.632. The van der Waals surface area contributed by atoms with Crippen molar-refractivity contribution in [2.45, 2.75) is 64.1 Å². The highest BCUT2D eigenvalue weighted by molar-refractivity contribution is 5.69. The maximum atomic E-state index is 12.3. The third kappa shape index (κ3) is 4.47. The molecule has 4 nitrogen and oxygen atoms in total. The lowest BCUT2D eigenvalue weighted by atomic mass is 10.1. The van der Waals surface area contributed by atoms with Crippen molar-refractivity contribution in [3.05, 3.63) is 35.4 Å². The van der Waals surface area contributed by atoms with Crippen molar-refractivity contribution in [1.29, 1.82) is 0 Å². The van der Waals surface area contributed by atoms with Crippen LogP contribution in [0.25, 0.3) is 0 Å². The molecule has 1 aromatic rings.